The number of benzene rings is 2. The predicted molar refractivity (Wildman–Crippen MR) is 149 cm³/mol. The van der Waals surface area contributed by atoms with Gasteiger partial charge in [-0.05, 0) is 101 Å². The Kier molecular flexibility index (Phi) is 8.09. The van der Waals surface area contributed by atoms with Crippen LogP contribution in [0.4, 0.5) is 0 Å². The van der Waals surface area contributed by atoms with Gasteiger partial charge in [-0.1, -0.05) is 24.3 Å². The Morgan fingerprint density at radius 2 is 1.26 bits per heavy atom. The molecular weight excluding hydrogens is 482 g/mol. The maximum Gasteiger partial charge on any atom is 0.494 e. The zero-order chi connectivity index (χ0) is 27.8. The fraction of sp³-hybridized carbons (Fsp3) is 0.500. The summed E-state index contributed by atoms with van der Waals surface area (Å²) in [6.07, 6.45) is 4.30. The summed E-state index contributed by atoms with van der Waals surface area (Å²) in [6, 6.07) is 11.3. The minimum atomic E-state index is -1.49. The molecule has 3 aliphatic rings. The van der Waals surface area contributed by atoms with Crippen LogP contribution in [-0.4, -0.2) is 59.4 Å². The Balaban J connectivity index is 0.000000186. The fourth-order valence-electron chi connectivity index (χ4n) is 4.15. The molecule has 0 spiro atoms. The number of hydrogen-bond donors (Lipinski definition) is 4. The third-order valence-corrected chi connectivity index (χ3v) is 7.64. The molecule has 0 bridgehead atoms. The molecule has 2 aromatic carbocycles. The van der Waals surface area contributed by atoms with Crippen LogP contribution in [0.15, 0.2) is 36.4 Å². The summed E-state index contributed by atoms with van der Waals surface area (Å²) in [5.41, 5.74) is 3.68. The summed E-state index contributed by atoms with van der Waals surface area (Å²) >= 11 is 0. The third-order valence-electron chi connectivity index (χ3n) is 7.64. The fourth-order valence-corrected chi connectivity index (χ4v) is 4.15. The van der Waals surface area contributed by atoms with Crippen molar-refractivity contribution in [3.8, 4) is 0 Å². The molecule has 1 heterocycles. The second-order valence-electron chi connectivity index (χ2n) is 11.6. The highest BCUT2D eigenvalue weighted by Gasteiger charge is 2.51. The van der Waals surface area contributed by atoms with E-state index in [1.165, 1.54) is 0 Å². The maximum absolute atomic E-state index is 12.2. The number of aryl methyl sites for hydroxylation is 2. The van der Waals surface area contributed by atoms with Gasteiger partial charge in [0.15, 0.2) is 0 Å². The highest BCUT2D eigenvalue weighted by atomic mass is 16.7. The van der Waals surface area contributed by atoms with Crippen molar-refractivity contribution in [1.82, 2.24) is 10.6 Å². The quantitative estimate of drug-likeness (QED) is 0.432. The van der Waals surface area contributed by atoms with E-state index < -0.39 is 7.12 Å². The molecule has 0 atom stereocenters. The topological polar surface area (TPSA) is 117 Å². The molecule has 2 saturated carbocycles. The largest absolute Gasteiger partial charge is 0.494 e. The van der Waals surface area contributed by atoms with Crippen molar-refractivity contribution in [3.05, 3.63) is 58.7 Å². The Labute approximate surface area is 225 Å². The van der Waals surface area contributed by atoms with E-state index in [0.29, 0.717) is 23.1 Å². The standard InChI is InChI=1S/C17H24BNO3.C11H14BNO3/c1-11-10-12(18-21-16(2,3)17(4,5)22-18)6-9-14(11)15(20)19-13-7-8-13;1-7-6-8(12(15)16)2-5-10(7)11(14)13-9-3-4-9/h6,9-10,13H,7-8H2,1-5H3,(H,19,20);2,5-6,9,15-16H,3-4H2,1H3,(H,13,14). The zero-order valence-electron chi connectivity index (χ0n) is 23.1. The van der Waals surface area contributed by atoms with Crippen LogP contribution in [0.2, 0.25) is 0 Å². The van der Waals surface area contributed by atoms with Crippen molar-refractivity contribution in [1.29, 1.82) is 0 Å². The molecule has 2 aromatic rings. The van der Waals surface area contributed by atoms with Crippen molar-refractivity contribution in [3.63, 3.8) is 0 Å². The van der Waals surface area contributed by atoms with Gasteiger partial charge in [-0.2, -0.15) is 0 Å². The summed E-state index contributed by atoms with van der Waals surface area (Å²) in [7, 11) is -1.87. The Hall–Kier alpha value is -2.65. The Bertz CT molecular complexity index is 1190. The smallest absolute Gasteiger partial charge is 0.423 e. The molecule has 5 rings (SSSR count). The molecule has 2 amide bonds. The van der Waals surface area contributed by atoms with Crippen LogP contribution < -0.4 is 21.6 Å². The molecule has 1 saturated heterocycles. The van der Waals surface area contributed by atoms with Gasteiger partial charge in [0.2, 0.25) is 0 Å². The van der Waals surface area contributed by atoms with Crippen LogP contribution in [0.25, 0.3) is 0 Å². The zero-order valence-corrected chi connectivity index (χ0v) is 23.1. The number of carbonyl (C=O) groups is 2. The van der Waals surface area contributed by atoms with Gasteiger partial charge >= 0.3 is 14.2 Å². The predicted octanol–water partition coefficient (Wildman–Crippen LogP) is 1.75. The summed E-state index contributed by atoms with van der Waals surface area (Å²) in [6.45, 7) is 11.9. The maximum atomic E-state index is 12.2. The highest BCUT2D eigenvalue weighted by molar-refractivity contribution is 6.62. The third kappa shape index (κ3) is 6.67. The summed E-state index contributed by atoms with van der Waals surface area (Å²) < 4.78 is 12.1. The lowest BCUT2D eigenvalue weighted by Gasteiger charge is -2.32. The van der Waals surface area contributed by atoms with E-state index in [4.69, 9.17) is 19.4 Å². The molecule has 0 radical (unpaired) electrons. The van der Waals surface area contributed by atoms with Crippen LogP contribution in [0.5, 0.6) is 0 Å². The van der Waals surface area contributed by atoms with Gasteiger partial charge in [0.1, 0.15) is 0 Å². The van der Waals surface area contributed by atoms with Crippen molar-refractivity contribution in [2.75, 3.05) is 0 Å². The SMILES string of the molecule is Cc1cc(B(O)O)ccc1C(=O)NC1CC1.Cc1cc(B2OC(C)(C)C(C)(C)O2)ccc1C(=O)NC1CC1. The van der Waals surface area contributed by atoms with E-state index in [2.05, 4.69) is 10.6 Å². The van der Waals surface area contributed by atoms with E-state index in [-0.39, 0.29) is 30.1 Å². The van der Waals surface area contributed by atoms with Crippen LogP contribution in [0, 0.1) is 13.8 Å². The van der Waals surface area contributed by atoms with E-state index >= 15 is 0 Å². The number of nitrogens with one attached hydrogen (secondary N) is 2. The average molecular weight is 520 g/mol. The van der Waals surface area contributed by atoms with Crippen LogP contribution in [-0.2, 0) is 9.31 Å². The molecule has 38 heavy (non-hydrogen) atoms. The molecule has 202 valence electrons. The van der Waals surface area contributed by atoms with E-state index in [1.807, 2.05) is 52.8 Å². The molecule has 2 aliphatic carbocycles. The van der Waals surface area contributed by atoms with Crippen LogP contribution >= 0.6 is 0 Å². The number of hydrogen-bond acceptors (Lipinski definition) is 6. The number of rotatable bonds is 6. The van der Waals surface area contributed by atoms with Gasteiger partial charge in [-0.15, -0.1) is 0 Å². The lowest BCUT2D eigenvalue weighted by atomic mass is 9.78. The van der Waals surface area contributed by atoms with Gasteiger partial charge in [0.25, 0.3) is 11.8 Å². The van der Waals surface area contributed by atoms with Crippen LogP contribution in [0.3, 0.4) is 0 Å². The average Bonchev–Trinajstić information content (AvgIpc) is 3.75. The van der Waals surface area contributed by atoms with Gasteiger partial charge in [-0.3, -0.25) is 9.59 Å². The molecule has 0 unspecified atom stereocenters. The van der Waals surface area contributed by atoms with E-state index in [0.717, 1.165) is 47.8 Å². The van der Waals surface area contributed by atoms with Gasteiger partial charge < -0.3 is 30.0 Å². The van der Waals surface area contributed by atoms with Crippen molar-refractivity contribution in [2.24, 2.45) is 0 Å². The first-order valence-electron chi connectivity index (χ1n) is 13.3. The Morgan fingerprint density at radius 3 is 1.66 bits per heavy atom. The second-order valence-corrected chi connectivity index (χ2v) is 11.6. The Morgan fingerprint density at radius 1 is 0.816 bits per heavy atom. The van der Waals surface area contributed by atoms with Crippen molar-refractivity contribution >= 4 is 37.0 Å². The van der Waals surface area contributed by atoms with Gasteiger partial charge in [0.05, 0.1) is 11.2 Å². The minimum Gasteiger partial charge on any atom is -0.423 e. The number of amides is 2. The van der Waals surface area contributed by atoms with Gasteiger partial charge in [-0.25, -0.2) is 0 Å². The molecule has 1 aliphatic heterocycles. The van der Waals surface area contributed by atoms with Gasteiger partial charge in [0, 0.05) is 23.2 Å². The highest BCUT2D eigenvalue weighted by Crippen LogP contribution is 2.36. The molecular formula is C28H38B2N2O6. The summed E-state index contributed by atoms with van der Waals surface area (Å²) in [5, 5.41) is 23.9. The molecule has 4 N–H and O–H groups in total. The lowest BCUT2D eigenvalue weighted by molar-refractivity contribution is 0.00578. The normalized spacial score (nSPS) is 19.3. The first-order valence-corrected chi connectivity index (χ1v) is 13.3. The molecule has 0 aromatic heterocycles. The minimum absolute atomic E-state index is 0.0143. The van der Waals surface area contributed by atoms with E-state index in [9.17, 15) is 9.59 Å². The second kappa shape index (κ2) is 10.8. The first kappa shape index (κ1) is 28.4. The summed E-state index contributed by atoms with van der Waals surface area (Å²) in [5.74, 6) is -0.0700. The van der Waals surface area contributed by atoms with Crippen molar-refractivity contribution < 1.29 is 28.9 Å². The molecule has 10 heteroatoms. The molecule has 8 nitrogen and oxygen atoms in total. The first-order chi connectivity index (χ1) is 17.8. The number of carbonyl (C=O) groups excluding carboxylic acids is 2. The monoisotopic (exact) mass is 520 g/mol. The van der Waals surface area contributed by atoms with Crippen LogP contribution in [0.1, 0.15) is 85.2 Å². The molecule has 3 fully saturated rings. The lowest BCUT2D eigenvalue weighted by Crippen LogP contribution is -2.41. The van der Waals surface area contributed by atoms with E-state index in [1.54, 1.807) is 25.1 Å². The van der Waals surface area contributed by atoms with Crippen molar-refractivity contribution in [2.45, 2.75) is 90.5 Å². The summed E-state index contributed by atoms with van der Waals surface area (Å²) in [4.78, 5) is 23.9.